The Bertz CT molecular complexity index is 819. The Balaban J connectivity index is 1.57. The highest BCUT2D eigenvalue weighted by molar-refractivity contribution is 9.10. The van der Waals surface area contributed by atoms with Gasteiger partial charge in [0.2, 0.25) is 5.78 Å². The molecule has 0 spiro atoms. The second-order valence-electron chi connectivity index (χ2n) is 6.92. The van der Waals surface area contributed by atoms with Gasteiger partial charge in [-0.25, -0.2) is 0 Å². The molecule has 144 valence electrons. The first-order valence-electron chi connectivity index (χ1n) is 9.15. The summed E-state index contributed by atoms with van der Waals surface area (Å²) in [6.45, 7) is 5.25. The number of Topliss-reactive ketones (excluding diaryl/α,β-unsaturated/α-hetero) is 1. The van der Waals surface area contributed by atoms with Gasteiger partial charge in [-0.2, -0.15) is 0 Å². The Morgan fingerprint density at radius 2 is 2.00 bits per heavy atom. The molecule has 1 fully saturated rings. The molecule has 1 atom stereocenters. The Hall–Kier alpha value is -1.92. The third-order valence-corrected chi connectivity index (χ3v) is 5.44. The van der Waals surface area contributed by atoms with E-state index in [1.54, 1.807) is 0 Å². The van der Waals surface area contributed by atoms with Gasteiger partial charge in [0.25, 0.3) is 0 Å². The molecule has 2 heterocycles. The minimum atomic E-state index is -0.404. The van der Waals surface area contributed by atoms with Crippen molar-refractivity contribution < 1.29 is 19.1 Å². The maximum absolute atomic E-state index is 12.5. The number of carbonyl (C=O) groups excluding carboxylic acids is 2. The number of halogens is 1. The topological polar surface area (TPSA) is 57.5 Å². The Morgan fingerprint density at radius 3 is 2.67 bits per heavy atom. The van der Waals surface area contributed by atoms with Crippen molar-refractivity contribution in [1.29, 1.82) is 0 Å². The second-order valence-corrected chi connectivity index (χ2v) is 7.83. The molecule has 6 heteroatoms. The van der Waals surface area contributed by atoms with E-state index in [9.17, 15) is 9.59 Å². The number of esters is 1. The number of aryl methyl sites for hydroxylation is 1. The maximum atomic E-state index is 12.5. The molecule has 0 N–H and O–H groups in total. The summed E-state index contributed by atoms with van der Waals surface area (Å²) >= 11 is 3.36. The van der Waals surface area contributed by atoms with Crippen LogP contribution in [0.3, 0.4) is 0 Å². The first-order chi connectivity index (χ1) is 12.9. The molecule has 0 unspecified atom stereocenters. The summed E-state index contributed by atoms with van der Waals surface area (Å²) in [5.74, 6) is -0.579. The van der Waals surface area contributed by atoms with Crippen molar-refractivity contribution in [1.82, 2.24) is 4.57 Å². The van der Waals surface area contributed by atoms with Crippen molar-refractivity contribution in [3.05, 3.63) is 57.3 Å². The maximum Gasteiger partial charge on any atom is 0.310 e. The monoisotopic (exact) mass is 433 g/mol. The van der Waals surface area contributed by atoms with Gasteiger partial charge in [0.05, 0.1) is 12.5 Å². The molecule has 0 amide bonds. The van der Waals surface area contributed by atoms with Gasteiger partial charge in [0, 0.05) is 34.6 Å². The van der Waals surface area contributed by atoms with Crippen LogP contribution in [0.5, 0.6) is 0 Å². The van der Waals surface area contributed by atoms with E-state index in [-0.39, 0.29) is 24.9 Å². The molecule has 0 radical (unpaired) electrons. The lowest BCUT2D eigenvalue weighted by molar-refractivity contribution is -0.141. The fraction of sp³-hybridized carbons (Fsp3) is 0.429. The van der Waals surface area contributed by atoms with Crippen molar-refractivity contribution >= 4 is 27.7 Å². The molecule has 0 saturated carbocycles. The highest BCUT2D eigenvalue weighted by atomic mass is 79.9. The van der Waals surface area contributed by atoms with Crippen LogP contribution in [0.25, 0.3) is 0 Å². The van der Waals surface area contributed by atoms with Crippen molar-refractivity contribution in [2.75, 3.05) is 13.2 Å². The minimum Gasteiger partial charge on any atom is -0.457 e. The number of ether oxygens (including phenoxy) is 2. The van der Waals surface area contributed by atoms with Gasteiger partial charge in [0.15, 0.2) is 6.61 Å². The second kappa shape index (κ2) is 8.85. The molecule has 0 bridgehead atoms. The predicted octanol–water partition coefficient (Wildman–Crippen LogP) is 4.02. The summed E-state index contributed by atoms with van der Waals surface area (Å²) in [5, 5.41) is 0. The van der Waals surface area contributed by atoms with Gasteiger partial charge in [-0.15, -0.1) is 0 Å². The summed E-state index contributed by atoms with van der Waals surface area (Å²) in [6.07, 6.45) is 2.50. The molecule has 5 nitrogen and oxygen atoms in total. The largest absolute Gasteiger partial charge is 0.457 e. The van der Waals surface area contributed by atoms with E-state index in [2.05, 4.69) is 20.5 Å². The average molecular weight is 434 g/mol. The zero-order valence-corrected chi connectivity index (χ0v) is 17.3. The molecule has 2 aromatic rings. The molecular weight excluding hydrogens is 410 g/mol. The van der Waals surface area contributed by atoms with Crippen LogP contribution in [-0.2, 0) is 27.2 Å². The molecule has 0 aliphatic carbocycles. The van der Waals surface area contributed by atoms with Gasteiger partial charge in [-0.3, -0.25) is 9.59 Å². The van der Waals surface area contributed by atoms with Crippen molar-refractivity contribution in [2.45, 2.75) is 45.8 Å². The third kappa shape index (κ3) is 5.08. The van der Waals surface area contributed by atoms with Crippen LogP contribution in [-0.4, -0.2) is 35.6 Å². The van der Waals surface area contributed by atoms with Crippen LogP contribution in [0.1, 0.15) is 40.2 Å². The lowest BCUT2D eigenvalue weighted by atomic mass is 10.1. The fourth-order valence-corrected chi connectivity index (χ4v) is 3.66. The quantitative estimate of drug-likeness (QED) is 0.488. The van der Waals surface area contributed by atoms with Crippen LogP contribution in [0.2, 0.25) is 0 Å². The van der Waals surface area contributed by atoms with E-state index < -0.39 is 5.97 Å². The molecule has 1 saturated heterocycles. The molecule has 1 aliphatic heterocycles. The normalized spacial score (nSPS) is 16.5. The summed E-state index contributed by atoms with van der Waals surface area (Å²) in [7, 11) is 0. The van der Waals surface area contributed by atoms with Crippen molar-refractivity contribution in [3.63, 3.8) is 0 Å². The van der Waals surface area contributed by atoms with E-state index in [0.29, 0.717) is 5.56 Å². The van der Waals surface area contributed by atoms with E-state index >= 15 is 0 Å². The summed E-state index contributed by atoms with van der Waals surface area (Å²) in [4.78, 5) is 24.6. The van der Waals surface area contributed by atoms with Crippen molar-refractivity contribution in [3.8, 4) is 0 Å². The number of ketones is 1. The Morgan fingerprint density at radius 1 is 1.26 bits per heavy atom. The number of hydrogen-bond donors (Lipinski definition) is 0. The van der Waals surface area contributed by atoms with Crippen molar-refractivity contribution in [2.24, 2.45) is 0 Å². The van der Waals surface area contributed by atoms with E-state index in [1.165, 1.54) is 0 Å². The summed E-state index contributed by atoms with van der Waals surface area (Å²) in [6, 6.07) is 9.32. The van der Waals surface area contributed by atoms with Crippen LogP contribution in [0.15, 0.2) is 34.8 Å². The molecule has 3 rings (SSSR count). The molecule has 1 aliphatic rings. The molecule has 1 aromatic carbocycles. The van der Waals surface area contributed by atoms with Crippen LogP contribution >= 0.6 is 15.9 Å². The average Bonchev–Trinajstić information content (AvgIpc) is 3.25. The van der Waals surface area contributed by atoms with Gasteiger partial charge in [0.1, 0.15) is 0 Å². The number of benzene rings is 1. The van der Waals surface area contributed by atoms with Gasteiger partial charge in [-0.1, -0.05) is 28.1 Å². The number of hydrogen-bond acceptors (Lipinski definition) is 4. The highest BCUT2D eigenvalue weighted by Gasteiger charge is 2.21. The Labute approximate surface area is 167 Å². The lowest BCUT2D eigenvalue weighted by Crippen LogP contribution is -2.18. The van der Waals surface area contributed by atoms with Crippen LogP contribution < -0.4 is 0 Å². The highest BCUT2D eigenvalue weighted by Crippen LogP contribution is 2.21. The number of nitrogens with zero attached hydrogens (tertiary/aromatic N) is 1. The van der Waals surface area contributed by atoms with Gasteiger partial charge in [-0.05, 0) is 50.5 Å². The number of carbonyl (C=O) groups is 2. The first-order valence-corrected chi connectivity index (χ1v) is 9.95. The molecular formula is C21H24BrNO4. The minimum absolute atomic E-state index is 0.151. The molecule has 1 aromatic heterocycles. The SMILES string of the molecule is Cc1cc(C(=O)COC(=O)Cc2ccc(Br)cc2)c(C)n1C[C@H]1CCCO1. The predicted molar refractivity (Wildman–Crippen MR) is 106 cm³/mol. The van der Waals surface area contributed by atoms with Gasteiger partial charge >= 0.3 is 5.97 Å². The van der Waals surface area contributed by atoms with Crippen LogP contribution in [0, 0.1) is 13.8 Å². The van der Waals surface area contributed by atoms with Gasteiger partial charge < -0.3 is 14.0 Å². The smallest absolute Gasteiger partial charge is 0.310 e. The van der Waals surface area contributed by atoms with E-state index in [4.69, 9.17) is 9.47 Å². The standard InChI is InChI=1S/C21H24BrNO4/c1-14-10-19(15(2)23(14)12-18-4-3-9-26-18)20(24)13-27-21(25)11-16-5-7-17(22)8-6-16/h5-8,10,18H,3-4,9,11-13H2,1-2H3/t18-/m1/s1. The zero-order valence-electron chi connectivity index (χ0n) is 15.7. The number of rotatable bonds is 7. The third-order valence-electron chi connectivity index (χ3n) is 4.91. The van der Waals surface area contributed by atoms with E-state index in [0.717, 1.165) is 47.4 Å². The van der Waals surface area contributed by atoms with E-state index in [1.807, 2.05) is 44.2 Å². The fourth-order valence-electron chi connectivity index (χ4n) is 3.40. The summed E-state index contributed by atoms with van der Waals surface area (Å²) in [5.41, 5.74) is 3.39. The lowest BCUT2D eigenvalue weighted by Gasteiger charge is -2.14. The Kier molecular flexibility index (Phi) is 6.50. The zero-order chi connectivity index (χ0) is 19.4. The van der Waals surface area contributed by atoms with Crippen LogP contribution in [0.4, 0.5) is 0 Å². The summed E-state index contributed by atoms with van der Waals surface area (Å²) < 4.78 is 14.0. The molecule has 27 heavy (non-hydrogen) atoms. The first kappa shape index (κ1) is 19.8. The number of aromatic nitrogens is 1.